The minimum atomic E-state index is -0.925. The molecule has 2 aromatic rings. The van der Waals surface area contributed by atoms with E-state index in [0.29, 0.717) is 0 Å². The summed E-state index contributed by atoms with van der Waals surface area (Å²) >= 11 is 0. The summed E-state index contributed by atoms with van der Waals surface area (Å²) in [4.78, 5) is 10.6. The van der Waals surface area contributed by atoms with Crippen molar-refractivity contribution in [2.45, 2.75) is 6.92 Å². The molecule has 0 atom stereocenters. The number of aryl methyl sites for hydroxylation is 1. The number of H-pyrrole nitrogens is 1. The zero-order valence-electron chi connectivity index (χ0n) is 8.69. The highest BCUT2D eigenvalue weighted by Crippen LogP contribution is 2.18. The monoisotopic (exact) mass is 217 g/mol. The average molecular weight is 217 g/mol. The van der Waals surface area contributed by atoms with Crippen molar-refractivity contribution in [3.63, 3.8) is 0 Å². The van der Waals surface area contributed by atoms with E-state index >= 15 is 0 Å². The molecular formula is C11H11N3O2. The van der Waals surface area contributed by atoms with Crippen LogP contribution in [0.25, 0.3) is 0 Å². The summed E-state index contributed by atoms with van der Waals surface area (Å²) in [5, 5.41) is 18.6. The normalized spacial score (nSPS) is 10.1. The van der Waals surface area contributed by atoms with Gasteiger partial charge in [0.2, 0.25) is 0 Å². The molecule has 3 N–H and O–H groups in total. The number of nitrogens with zero attached hydrogens (tertiary/aromatic N) is 1. The van der Waals surface area contributed by atoms with Crippen LogP contribution in [0.4, 0.5) is 11.4 Å². The Morgan fingerprint density at radius 2 is 2.06 bits per heavy atom. The fourth-order valence-corrected chi connectivity index (χ4v) is 1.33. The summed E-state index contributed by atoms with van der Waals surface area (Å²) in [7, 11) is 0. The van der Waals surface area contributed by atoms with E-state index in [4.69, 9.17) is 5.11 Å². The van der Waals surface area contributed by atoms with Gasteiger partial charge in [0.25, 0.3) is 0 Å². The Labute approximate surface area is 92.1 Å². The van der Waals surface area contributed by atoms with Crippen LogP contribution >= 0.6 is 0 Å². The molecule has 1 aromatic carbocycles. The van der Waals surface area contributed by atoms with Crippen LogP contribution in [-0.2, 0) is 0 Å². The van der Waals surface area contributed by atoms with Gasteiger partial charge in [-0.15, -0.1) is 0 Å². The van der Waals surface area contributed by atoms with Gasteiger partial charge in [-0.2, -0.15) is 5.10 Å². The summed E-state index contributed by atoms with van der Waals surface area (Å²) in [6.07, 6.45) is 1.68. The van der Waals surface area contributed by atoms with E-state index in [1.165, 1.54) is 0 Å². The highest BCUT2D eigenvalue weighted by molar-refractivity contribution is 5.88. The summed E-state index contributed by atoms with van der Waals surface area (Å²) in [6, 6.07) is 6.55. The molecule has 82 valence electrons. The maximum Gasteiger partial charge on any atom is 0.335 e. The minimum Gasteiger partial charge on any atom is -0.478 e. The van der Waals surface area contributed by atoms with E-state index in [0.717, 1.165) is 17.1 Å². The number of hydrogen-bond donors (Lipinski definition) is 3. The number of aromatic amines is 1. The third-order valence-corrected chi connectivity index (χ3v) is 2.24. The summed E-state index contributed by atoms with van der Waals surface area (Å²) < 4.78 is 0. The molecule has 0 amide bonds. The van der Waals surface area contributed by atoms with Crippen molar-refractivity contribution in [1.82, 2.24) is 10.2 Å². The van der Waals surface area contributed by atoms with E-state index in [1.807, 2.05) is 6.92 Å². The highest BCUT2D eigenvalue weighted by atomic mass is 16.4. The molecule has 0 unspecified atom stereocenters. The number of hydrogen-bond acceptors (Lipinski definition) is 3. The first-order chi connectivity index (χ1) is 7.66. The van der Waals surface area contributed by atoms with Gasteiger partial charge in [0.15, 0.2) is 0 Å². The summed E-state index contributed by atoms with van der Waals surface area (Å²) in [5.41, 5.74) is 2.91. The van der Waals surface area contributed by atoms with Gasteiger partial charge in [-0.1, -0.05) is 0 Å². The van der Waals surface area contributed by atoms with Gasteiger partial charge in [0.1, 0.15) is 0 Å². The lowest BCUT2D eigenvalue weighted by Gasteiger charge is -2.04. The van der Waals surface area contributed by atoms with Gasteiger partial charge in [-0.25, -0.2) is 4.79 Å². The van der Waals surface area contributed by atoms with Crippen molar-refractivity contribution in [2.24, 2.45) is 0 Å². The van der Waals surface area contributed by atoms with Gasteiger partial charge in [0, 0.05) is 5.69 Å². The van der Waals surface area contributed by atoms with Crippen molar-refractivity contribution in [2.75, 3.05) is 5.32 Å². The van der Waals surface area contributed by atoms with Crippen LogP contribution in [0.15, 0.2) is 30.5 Å². The molecule has 1 heterocycles. The lowest BCUT2D eigenvalue weighted by molar-refractivity contribution is 0.0697. The Bertz CT molecular complexity index is 502. The van der Waals surface area contributed by atoms with Crippen molar-refractivity contribution < 1.29 is 9.90 Å². The number of benzene rings is 1. The Morgan fingerprint density at radius 3 is 2.56 bits per heavy atom. The number of carbonyl (C=O) groups is 1. The van der Waals surface area contributed by atoms with Gasteiger partial charge in [-0.3, -0.25) is 5.10 Å². The average Bonchev–Trinajstić information content (AvgIpc) is 2.65. The number of nitrogens with one attached hydrogen (secondary N) is 2. The molecule has 0 radical (unpaired) electrons. The van der Waals surface area contributed by atoms with E-state index in [1.54, 1.807) is 30.5 Å². The lowest BCUT2D eigenvalue weighted by atomic mass is 10.2. The van der Waals surface area contributed by atoms with Crippen molar-refractivity contribution >= 4 is 17.3 Å². The van der Waals surface area contributed by atoms with Crippen LogP contribution in [0.1, 0.15) is 16.1 Å². The predicted molar refractivity (Wildman–Crippen MR) is 60.0 cm³/mol. The second kappa shape index (κ2) is 4.06. The largest absolute Gasteiger partial charge is 0.478 e. The number of anilines is 2. The number of carboxylic acids is 1. The van der Waals surface area contributed by atoms with Gasteiger partial charge >= 0.3 is 5.97 Å². The van der Waals surface area contributed by atoms with Gasteiger partial charge in [0.05, 0.1) is 23.1 Å². The molecule has 0 aliphatic rings. The third-order valence-electron chi connectivity index (χ3n) is 2.24. The highest BCUT2D eigenvalue weighted by Gasteiger charge is 2.03. The molecule has 5 heteroatoms. The Hall–Kier alpha value is -2.30. The predicted octanol–water partition coefficient (Wildman–Crippen LogP) is 2.16. The van der Waals surface area contributed by atoms with Gasteiger partial charge in [-0.05, 0) is 31.2 Å². The molecule has 0 spiro atoms. The molecule has 16 heavy (non-hydrogen) atoms. The Balaban J connectivity index is 2.17. The molecule has 0 aliphatic carbocycles. The zero-order chi connectivity index (χ0) is 11.5. The van der Waals surface area contributed by atoms with E-state index in [-0.39, 0.29) is 5.56 Å². The van der Waals surface area contributed by atoms with Crippen molar-refractivity contribution in [3.05, 3.63) is 41.7 Å². The second-order valence-corrected chi connectivity index (χ2v) is 3.42. The smallest absolute Gasteiger partial charge is 0.335 e. The summed E-state index contributed by atoms with van der Waals surface area (Å²) in [6.45, 7) is 1.90. The van der Waals surface area contributed by atoms with Crippen molar-refractivity contribution in [3.8, 4) is 0 Å². The van der Waals surface area contributed by atoms with Crippen molar-refractivity contribution in [1.29, 1.82) is 0 Å². The fourth-order valence-electron chi connectivity index (χ4n) is 1.33. The Morgan fingerprint density at radius 1 is 1.38 bits per heavy atom. The van der Waals surface area contributed by atoms with E-state index in [2.05, 4.69) is 15.5 Å². The number of aromatic nitrogens is 2. The van der Waals surface area contributed by atoms with Crippen LogP contribution in [0.2, 0.25) is 0 Å². The van der Waals surface area contributed by atoms with Crippen LogP contribution in [0.3, 0.4) is 0 Å². The number of carboxylic acid groups (broad SMARTS) is 1. The topological polar surface area (TPSA) is 78.0 Å². The van der Waals surface area contributed by atoms with E-state index in [9.17, 15) is 4.79 Å². The number of rotatable bonds is 3. The van der Waals surface area contributed by atoms with Crippen LogP contribution in [0.5, 0.6) is 0 Å². The first-order valence-corrected chi connectivity index (χ1v) is 4.77. The van der Waals surface area contributed by atoms with Gasteiger partial charge < -0.3 is 10.4 Å². The second-order valence-electron chi connectivity index (χ2n) is 3.42. The molecule has 0 aliphatic heterocycles. The fraction of sp³-hybridized carbons (Fsp3) is 0.0909. The van der Waals surface area contributed by atoms with E-state index < -0.39 is 5.97 Å². The first kappa shape index (κ1) is 10.2. The molecule has 0 saturated carbocycles. The molecule has 2 rings (SSSR count). The molecule has 5 nitrogen and oxygen atoms in total. The molecule has 0 fully saturated rings. The molecule has 0 bridgehead atoms. The maximum absolute atomic E-state index is 10.6. The SMILES string of the molecule is Cc1[nH]ncc1Nc1ccc(C(=O)O)cc1. The Kier molecular flexibility index (Phi) is 2.59. The van der Waals surface area contributed by atoms with Crippen LogP contribution in [-0.4, -0.2) is 21.3 Å². The molecule has 0 saturated heterocycles. The minimum absolute atomic E-state index is 0.273. The summed E-state index contributed by atoms with van der Waals surface area (Å²) in [5.74, 6) is -0.925. The van der Waals surface area contributed by atoms with Crippen LogP contribution in [0, 0.1) is 6.92 Å². The molecular weight excluding hydrogens is 206 g/mol. The lowest BCUT2D eigenvalue weighted by Crippen LogP contribution is -1.96. The standard InChI is InChI=1S/C11H11N3O2/c1-7-10(6-12-14-7)13-9-4-2-8(3-5-9)11(15)16/h2-6,13H,1H3,(H,12,14)(H,15,16). The van der Waals surface area contributed by atoms with Crippen LogP contribution < -0.4 is 5.32 Å². The maximum atomic E-state index is 10.6. The quantitative estimate of drug-likeness (QED) is 0.736. The molecule has 1 aromatic heterocycles. The zero-order valence-corrected chi connectivity index (χ0v) is 8.69. The first-order valence-electron chi connectivity index (χ1n) is 4.77. The third kappa shape index (κ3) is 2.03. The number of aromatic carboxylic acids is 1.